The number of halogens is 1. The molecule has 0 radical (unpaired) electrons. The van der Waals surface area contributed by atoms with Crippen LogP contribution < -0.4 is 5.32 Å². The Bertz CT molecular complexity index is 853. The summed E-state index contributed by atoms with van der Waals surface area (Å²) in [4.78, 5) is 12.0. The Morgan fingerprint density at radius 2 is 1.96 bits per heavy atom. The van der Waals surface area contributed by atoms with E-state index in [1.54, 1.807) is 22.9 Å². The van der Waals surface area contributed by atoms with Crippen LogP contribution in [-0.4, -0.2) is 37.0 Å². The Morgan fingerprint density at radius 1 is 1.21 bits per heavy atom. The average Bonchev–Trinajstić information content (AvgIpc) is 3.04. The molecule has 0 aliphatic heterocycles. The Hall–Kier alpha value is -2.39. The number of aromatic nitrogens is 4. The number of rotatable bonds is 5. The smallest absolute Gasteiger partial charge is 0.234 e. The number of hydrogen-bond acceptors (Lipinski definition) is 6. The van der Waals surface area contributed by atoms with Crippen LogP contribution in [0, 0.1) is 0 Å². The minimum Gasteiger partial charge on any atom is -0.506 e. The van der Waals surface area contributed by atoms with E-state index in [0.29, 0.717) is 10.8 Å². The number of tetrazole rings is 1. The predicted molar refractivity (Wildman–Crippen MR) is 94.3 cm³/mol. The zero-order valence-corrected chi connectivity index (χ0v) is 14.7. The van der Waals surface area contributed by atoms with E-state index in [9.17, 15) is 9.90 Å². The molecule has 0 unspecified atom stereocenters. The number of carbonyl (C=O) groups excluding carboxylic acids is 1. The highest BCUT2D eigenvalue weighted by molar-refractivity contribution is 9.10. The van der Waals surface area contributed by atoms with Crippen LogP contribution in [0.3, 0.4) is 0 Å². The number of nitrogens with one attached hydrogen (secondary N) is 1. The Balaban J connectivity index is 1.65. The van der Waals surface area contributed by atoms with Gasteiger partial charge in [0.1, 0.15) is 5.75 Å². The molecule has 0 aliphatic carbocycles. The third kappa shape index (κ3) is 3.92. The van der Waals surface area contributed by atoms with Crippen molar-refractivity contribution in [2.75, 3.05) is 11.1 Å². The SMILES string of the molecule is O=C(CSc1nnnn1-c1ccc(Br)cc1)Nc1ccccc1O. The lowest BCUT2D eigenvalue weighted by Gasteiger charge is -2.07. The lowest BCUT2D eigenvalue weighted by Crippen LogP contribution is -2.14. The number of nitrogens with zero attached hydrogens (tertiary/aromatic N) is 4. The molecule has 0 aliphatic rings. The minimum absolute atomic E-state index is 0.0237. The average molecular weight is 406 g/mol. The summed E-state index contributed by atoms with van der Waals surface area (Å²) in [5.74, 6) is -0.118. The maximum atomic E-state index is 12.0. The van der Waals surface area contributed by atoms with Crippen LogP contribution in [0.15, 0.2) is 58.2 Å². The van der Waals surface area contributed by atoms with Crippen LogP contribution in [0.4, 0.5) is 5.69 Å². The lowest BCUT2D eigenvalue weighted by atomic mass is 10.3. The lowest BCUT2D eigenvalue weighted by molar-refractivity contribution is -0.113. The van der Waals surface area contributed by atoms with Crippen molar-refractivity contribution in [1.29, 1.82) is 0 Å². The first-order valence-corrected chi connectivity index (χ1v) is 8.66. The molecule has 1 aromatic heterocycles. The number of amides is 1. The molecule has 0 fully saturated rings. The fourth-order valence-corrected chi connectivity index (χ4v) is 2.86. The molecule has 9 heteroatoms. The highest BCUT2D eigenvalue weighted by atomic mass is 79.9. The molecular weight excluding hydrogens is 394 g/mol. The summed E-state index contributed by atoms with van der Waals surface area (Å²) in [5, 5.41) is 24.3. The van der Waals surface area contributed by atoms with Crippen molar-refractivity contribution >= 4 is 39.3 Å². The van der Waals surface area contributed by atoms with Gasteiger partial charge in [-0.1, -0.05) is 39.8 Å². The molecule has 0 spiro atoms. The molecule has 2 N–H and O–H groups in total. The second-order valence-corrected chi connectivity index (χ2v) is 6.56. The largest absolute Gasteiger partial charge is 0.506 e. The molecule has 0 atom stereocenters. The molecule has 0 bridgehead atoms. The zero-order valence-electron chi connectivity index (χ0n) is 12.3. The molecular formula is C15H12BrN5O2S. The van der Waals surface area contributed by atoms with E-state index in [1.807, 2.05) is 24.3 Å². The first-order valence-electron chi connectivity index (χ1n) is 6.88. The number of phenolic OH excluding ortho intramolecular Hbond substituents is 1. The van der Waals surface area contributed by atoms with Crippen LogP contribution in [-0.2, 0) is 4.79 Å². The van der Waals surface area contributed by atoms with E-state index in [2.05, 4.69) is 36.8 Å². The molecule has 24 heavy (non-hydrogen) atoms. The van der Waals surface area contributed by atoms with Crippen molar-refractivity contribution in [2.45, 2.75) is 5.16 Å². The molecule has 0 saturated heterocycles. The zero-order chi connectivity index (χ0) is 16.9. The summed E-state index contributed by atoms with van der Waals surface area (Å²) in [6.45, 7) is 0. The van der Waals surface area contributed by atoms with Crippen molar-refractivity contribution in [3.8, 4) is 11.4 Å². The van der Waals surface area contributed by atoms with E-state index >= 15 is 0 Å². The van der Waals surface area contributed by atoms with Crippen LogP contribution in [0.2, 0.25) is 0 Å². The molecule has 3 rings (SSSR count). The van der Waals surface area contributed by atoms with Crippen molar-refractivity contribution in [1.82, 2.24) is 20.2 Å². The van der Waals surface area contributed by atoms with Crippen LogP contribution in [0.25, 0.3) is 5.69 Å². The quantitative estimate of drug-likeness (QED) is 0.500. The van der Waals surface area contributed by atoms with Gasteiger partial charge < -0.3 is 10.4 Å². The maximum absolute atomic E-state index is 12.0. The van der Waals surface area contributed by atoms with Crippen molar-refractivity contribution in [2.24, 2.45) is 0 Å². The van der Waals surface area contributed by atoms with Gasteiger partial charge in [-0.3, -0.25) is 4.79 Å². The molecule has 1 heterocycles. The Labute approximate surface area is 150 Å². The second-order valence-electron chi connectivity index (χ2n) is 4.70. The van der Waals surface area contributed by atoms with Crippen molar-refractivity contribution in [3.05, 3.63) is 53.0 Å². The number of anilines is 1. The first-order chi connectivity index (χ1) is 11.6. The third-order valence-corrected chi connectivity index (χ3v) is 4.47. The summed E-state index contributed by atoms with van der Waals surface area (Å²) in [5.41, 5.74) is 1.17. The number of phenols is 1. The van der Waals surface area contributed by atoms with Gasteiger partial charge in [0.05, 0.1) is 17.1 Å². The highest BCUT2D eigenvalue weighted by Crippen LogP contribution is 2.23. The van der Waals surface area contributed by atoms with Crippen molar-refractivity contribution < 1.29 is 9.90 Å². The van der Waals surface area contributed by atoms with Crippen LogP contribution in [0.5, 0.6) is 5.75 Å². The summed E-state index contributed by atoms with van der Waals surface area (Å²) < 4.78 is 2.51. The van der Waals surface area contributed by atoms with Gasteiger partial charge in [0.2, 0.25) is 11.1 Å². The molecule has 122 valence electrons. The monoisotopic (exact) mass is 405 g/mol. The van der Waals surface area contributed by atoms with Crippen LogP contribution in [0.1, 0.15) is 0 Å². The van der Waals surface area contributed by atoms with Gasteiger partial charge in [0, 0.05) is 4.47 Å². The molecule has 2 aromatic carbocycles. The number of aromatic hydroxyl groups is 1. The van der Waals surface area contributed by atoms with Crippen molar-refractivity contribution in [3.63, 3.8) is 0 Å². The van der Waals surface area contributed by atoms with Gasteiger partial charge in [-0.2, -0.15) is 4.68 Å². The topological polar surface area (TPSA) is 92.9 Å². The van der Waals surface area contributed by atoms with E-state index < -0.39 is 0 Å². The van der Waals surface area contributed by atoms with Gasteiger partial charge in [0.15, 0.2) is 0 Å². The highest BCUT2D eigenvalue weighted by Gasteiger charge is 2.12. The normalized spacial score (nSPS) is 10.5. The number of para-hydroxylation sites is 2. The second kappa shape index (κ2) is 7.45. The molecule has 7 nitrogen and oxygen atoms in total. The Kier molecular flexibility index (Phi) is 5.11. The summed E-state index contributed by atoms with van der Waals surface area (Å²) in [6, 6.07) is 14.1. The number of carbonyl (C=O) groups is 1. The fourth-order valence-electron chi connectivity index (χ4n) is 1.91. The summed E-state index contributed by atoms with van der Waals surface area (Å²) >= 11 is 4.58. The van der Waals surface area contributed by atoms with E-state index in [-0.39, 0.29) is 17.4 Å². The summed E-state index contributed by atoms with van der Waals surface area (Å²) in [7, 11) is 0. The van der Waals surface area contributed by atoms with Gasteiger partial charge in [-0.25, -0.2) is 0 Å². The first kappa shape index (κ1) is 16.5. The van der Waals surface area contributed by atoms with E-state index in [1.165, 1.54) is 17.8 Å². The third-order valence-electron chi connectivity index (χ3n) is 3.02. The fraction of sp³-hybridized carbons (Fsp3) is 0.0667. The number of thioether (sulfide) groups is 1. The number of benzene rings is 2. The van der Waals surface area contributed by atoms with Gasteiger partial charge in [-0.15, -0.1) is 5.10 Å². The summed E-state index contributed by atoms with van der Waals surface area (Å²) in [6.07, 6.45) is 0. The predicted octanol–water partition coefficient (Wildman–Crippen LogP) is 2.86. The standard InChI is InChI=1S/C15H12BrN5O2S/c16-10-5-7-11(8-6-10)21-15(18-19-20-21)24-9-14(23)17-12-3-1-2-4-13(12)22/h1-8,22H,9H2,(H,17,23). The minimum atomic E-state index is -0.258. The molecule has 0 saturated carbocycles. The maximum Gasteiger partial charge on any atom is 0.234 e. The number of hydrogen-bond donors (Lipinski definition) is 2. The molecule has 1 amide bonds. The van der Waals surface area contributed by atoms with Gasteiger partial charge in [0.25, 0.3) is 0 Å². The van der Waals surface area contributed by atoms with E-state index in [0.717, 1.165) is 10.2 Å². The Morgan fingerprint density at radius 3 is 2.71 bits per heavy atom. The molecule has 3 aromatic rings. The van der Waals surface area contributed by atoms with E-state index in [4.69, 9.17) is 0 Å². The van der Waals surface area contributed by atoms with Gasteiger partial charge in [-0.05, 0) is 46.8 Å². The van der Waals surface area contributed by atoms with Crippen LogP contribution >= 0.6 is 27.7 Å². The van der Waals surface area contributed by atoms with Gasteiger partial charge >= 0.3 is 0 Å².